The average Bonchev–Trinajstić information content (AvgIpc) is 2.92. The topological polar surface area (TPSA) is 97.6 Å². The predicted octanol–water partition coefficient (Wildman–Crippen LogP) is 2.04. The summed E-state index contributed by atoms with van der Waals surface area (Å²) in [4.78, 5) is 11.3. The van der Waals surface area contributed by atoms with Crippen molar-refractivity contribution in [1.82, 2.24) is 5.01 Å². The van der Waals surface area contributed by atoms with Crippen molar-refractivity contribution in [2.75, 3.05) is 14.2 Å². The molecule has 0 saturated heterocycles. The van der Waals surface area contributed by atoms with Crippen LogP contribution >= 0.6 is 0 Å². The minimum absolute atomic E-state index is 0.162. The molecule has 0 bridgehead atoms. The molecule has 0 amide bonds. The molecule has 1 aliphatic heterocycles. The van der Waals surface area contributed by atoms with Crippen LogP contribution in [0.25, 0.3) is 0 Å². The number of hydrogen-bond donors (Lipinski definition) is 0. The van der Waals surface area contributed by atoms with Crippen molar-refractivity contribution < 1.29 is 22.7 Å². The van der Waals surface area contributed by atoms with Gasteiger partial charge in [0.2, 0.25) is 0 Å². The molecule has 0 fully saturated rings. The number of carbonyl (C=O) groups is 1. The van der Waals surface area contributed by atoms with E-state index < -0.39 is 16.0 Å². The fourth-order valence-corrected chi connectivity index (χ4v) is 3.76. The van der Waals surface area contributed by atoms with E-state index in [-0.39, 0.29) is 10.7 Å². The van der Waals surface area contributed by atoms with E-state index in [1.54, 1.807) is 43.4 Å². The smallest absolute Gasteiger partial charge is 0.308 e. The molecule has 27 heavy (non-hydrogen) atoms. The number of nitrogens with zero attached hydrogens (tertiary/aromatic N) is 3. The van der Waals surface area contributed by atoms with Gasteiger partial charge in [0.1, 0.15) is 4.90 Å². The second kappa shape index (κ2) is 7.20. The maximum atomic E-state index is 12.1. The number of hydrazone groups is 1. The van der Waals surface area contributed by atoms with Crippen LogP contribution < -0.4 is 9.47 Å². The molecule has 0 unspecified atom stereocenters. The van der Waals surface area contributed by atoms with Gasteiger partial charge >= 0.3 is 5.97 Å². The van der Waals surface area contributed by atoms with Crippen molar-refractivity contribution in [2.45, 2.75) is 11.8 Å². The number of sulfonamides is 1. The number of carbonyl (C=O) groups excluding carboxylic acids is 1. The Labute approximate surface area is 156 Å². The van der Waals surface area contributed by atoms with Gasteiger partial charge in [-0.2, -0.15) is 13.5 Å². The highest BCUT2D eigenvalue weighted by Gasteiger charge is 2.30. The largest absolute Gasteiger partial charge is 0.493 e. The van der Waals surface area contributed by atoms with Crippen LogP contribution in [0.1, 0.15) is 18.1 Å². The molecule has 9 heteroatoms. The van der Waals surface area contributed by atoms with E-state index in [9.17, 15) is 13.2 Å². The van der Waals surface area contributed by atoms with Crippen molar-refractivity contribution in [3.63, 3.8) is 0 Å². The first-order chi connectivity index (χ1) is 12.8. The molecular formula is C18H17N3O5S. The van der Waals surface area contributed by atoms with Gasteiger partial charge < -0.3 is 9.47 Å². The summed E-state index contributed by atoms with van der Waals surface area (Å²) in [6.07, 6.45) is 1.52. The van der Waals surface area contributed by atoms with Gasteiger partial charge in [-0.05, 0) is 35.9 Å². The minimum Gasteiger partial charge on any atom is -0.493 e. The normalized spacial score (nSPS) is 14.6. The standard InChI is InChI=1S/C18H17N3O5S/c1-12(22)26-15-9-8-13(10-16(15)25-3)11-19-21(2)18-14-6-4-5-7-17(14)27(23,24)20-18/h4-11H,1-3H3/b19-11+. The zero-order valence-corrected chi connectivity index (χ0v) is 15.7. The second-order valence-electron chi connectivity index (χ2n) is 5.66. The molecule has 0 atom stereocenters. The molecule has 2 aromatic carbocycles. The lowest BCUT2D eigenvalue weighted by atomic mass is 10.2. The third-order valence-electron chi connectivity index (χ3n) is 3.74. The number of hydrogen-bond acceptors (Lipinski definition) is 7. The number of benzene rings is 2. The summed E-state index contributed by atoms with van der Waals surface area (Å²) in [6.45, 7) is 1.30. The maximum absolute atomic E-state index is 12.1. The van der Waals surface area contributed by atoms with Crippen LogP contribution in [0.2, 0.25) is 0 Å². The molecule has 0 spiro atoms. The number of ether oxygens (including phenoxy) is 2. The molecule has 3 rings (SSSR count). The summed E-state index contributed by atoms with van der Waals surface area (Å²) in [7, 11) is -0.635. The van der Waals surface area contributed by atoms with Crippen LogP contribution in [0.5, 0.6) is 11.5 Å². The van der Waals surface area contributed by atoms with Gasteiger partial charge in [-0.3, -0.25) is 4.79 Å². The second-order valence-corrected chi connectivity index (χ2v) is 7.23. The quantitative estimate of drug-likeness (QED) is 0.345. The molecule has 1 aliphatic rings. The Bertz CT molecular complexity index is 1060. The zero-order valence-electron chi connectivity index (χ0n) is 14.9. The van der Waals surface area contributed by atoms with Crippen molar-refractivity contribution >= 4 is 28.0 Å². The Hall–Kier alpha value is -3.20. The summed E-state index contributed by atoms with van der Waals surface area (Å²) in [5.74, 6) is 0.470. The van der Waals surface area contributed by atoms with E-state index in [1.165, 1.54) is 31.3 Å². The number of rotatable bonds is 4. The lowest BCUT2D eigenvalue weighted by Gasteiger charge is -2.12. The van der Waals surface area contributed by atoms with Gasteiger partial charge in [-0.25, -0.2) is 5.01 Å². The summed E-state index contributed by atoms with van der Waals surface area (Å²) in [5, 5.41) is 5.64. The van der Waals surface area contributed by atoms with E-state index in [0.717, 1.165) is 0 Å². The molecule has 2 aromatic rings. The fraction of sp³-hybridized carbons (Fsp3) is 0.167. The van der Waals surface area contributed by atoms with Gasteiger partial charge in [0.25, 0.3) is 10.0 Å². The molecule has 1 heterocycles. The van der Waals surface area contributed by atoms with Crippen LogP contribution in [0.4, 0.5) is 0 Å². The van der Waals surface area contributed by atoms with Crippen LogP contribution in [0, 0.1) is 0 Å². The number of amidine groups is 1. The van der Waals surface area contributed by atoms with Crippen molar-refractivity contribution in [2.24, 2.45) is 9.50 Å². The maximum Gasteiger partial charge on any atom is 0.308 e. The summed E-state index contributed by atoms with van der Waals surface area (Å²) in [6, 6.07) is 11.5. The summed E-state index contributed by atoms with van der Waals surface area (Å²) >= 11 is 0. The summed E-state index contributed by atoms with van der Waals surface area (Å²) in [5.41, 5.74) is 1.17. The number of methoxy groups -OCH3 is 1. The van der Waals surface area contributed by atoms with Gasteiger partial charge in [0.05, 0.1) is 13.3 Å². The van der Waals surface area contributed by atoms with Crippen LogP contribution in [0.15, 0.2) is 56.9 Å². The fourth-order valence-electron chi connectivity index (χ4n) is 2.53. The molecular weight excluding hydrogens is 370 g/mol. The van der Waals surface area contributed by atoms with Crippen LogP contribution in [-0.2, 0) is 14.8 Å². The first-order valence-electron chi connectivity index (χ1n) is 7.90. The van der Waals surface area contributed by atoms with Crippen LogP contribution in [-0.4, -0.2) is 45.6 Å². The minimum atomic E-state index is -3.71. The average molecular weight is 387 g/mol. The zero-order chi connectivity index (χ0) is 19.6. The number of fused-ring (bicyclic) bond motifs is 1. The summed E-state index contributed by atoms with van der Waals surface area (Å²) < 4.78 is 38.3. The van der Waals surface area contributed by atoms with E-state index in [0.29, 0.717) is 22.6 Å². The third-order valence-corrected chi connectivity index (χ3v) is 5.07. The van der Waals surface area contributed by atoms with E-state index >= 15 is 0 Å². The Morgan fingerprint density at radius 3 is 2.63 bits per heavy atom. The van der Waals surface area contributed by atoms with Crippen molar-refractivity contribution in [3.8, 4) is 11.5 Å². The highest BCUT2D eigenvalue weighted by atomic mass is 32.2. The van der Waals surface area contributed by atoms with Crippen LogP contribution in [0.3, 0.4) is 0 Å². The van der Waals surface area contributed by atoms with Gasteiger partial charge in [-0.15, -0.1) is 4.40 Å². The monoisotopic (exact) mass is 387 g/mol. The number of esters is 1. The first kappa shape index (κ1) is 18.6. The SMILES string of the molecule is COc1cc(/C=N/N(C)C2=NS(=O)(=O)c3ccccc32)ccc1OC(C)=O. The molecule has 0 aromatic heterocycles. The Morgan fingerprint density at radius 1 is 1.19 bits per heavy atom. The first-order valence-corrected chi connectivity index (χ1v) is 9.34. The van der Waals surface area contributed by atoms with Crippen molar-refractivity contribution in [1.29, 1.82) is 0 Å². The lowest BCUT2D eigenvalue weighted by molar-refractivity contribution is -0.132. The van der Waals surface area contributed by atoms with Gasteiger partial charge in [0.15, 0.2) is 17.3 Å². The van der Waals surface area contributed by atoms with E-state index in [4.69, 9.17) is 9.47 Å². The van der Waals surface area contributed by atoms with Crippen molar-refractivity contribution in [3.05, 3.63) is 53.6 Å². The molecule has 8 nitrogen and oxygen atoms in total. The van der Waals surface area contributed by atoms with Gasteiger partial charge in [-0.1, -0.05) is 12.1 Å². The Kier molecular flexibility index (Phi) is 4.95. The Balaban J connectivity index is 1.86. The molecule has 0 radical (unpaired) electrons. The third kappa shape index (κ3) is 3.82. The molecule has 0 aliphatic carbocycles. The van der Waals surface area contributed by atoms with Gasteiger partial charge in [0, 0.05) is 19.5 Å². The van der Waals surface area contributed by atoms with E-state index in [1.807, 2.05) is 0 Å². The molecule has 140 valence electrons. The highest BCUT2D eigenvalue weighted by Crippen LogP contribution is 2.28. The Morgan fingerprint density at radius 2 is 1.93 bits per heavy atom. The van der Waals surface area contributed by atoms with E-state index in [2.05, 4.69) is 9.50 Å². The highest BCUT2D eigenvalue weighted by molar-refractivity contribution is 7.90. The molecule has 0 saturated carbocycles. The lowest BCUT2D eigenvalue weighted by Crippen LogP contribution is -2.21. The molecule has 0 N–H and O–H groups in total. The predicted molar refractivity (Wildman–Crippen MR) is 99.8 cm³/mol.